The third kappa shape index (κ3) is 3.14. The molecule has 0 bridgehead atoms. The first-order valence-corrected chi connectivity index (χ1v) is 7.93. The van der Waals surface area contributed by atoms with Crippen LogP contribution in [-0.4, -0.2) is 39.8 Å². The quantitative estimate of drug-likeness (QED) is 0.894. The standard InChI is InChI=1S/C14H19N5OS/c1-9-12(13(20)16-7-11-4-3-5-15-11)21-14(18-9)10-6-17-19(2)8-10/h6,8,11,15H,3-5,7H2,1-2H3,(H,16,20). The highest BCUT2D eigenvalue weighted by atomic mass is 32.1. The number of hydrogen-bond donors (Lipinski definition) is 2. The average molecular weight is 305 g/mol. The van der Waals surface area contributed by atoms with E-state index in [9.17, 15) is 4.79 Å². The highest BCUT2D eigenvalue weighted by Crippen LogP contribution is 2.27. The molecule has 6 nitrogen and oxygen atoms in total. The number of rotatable bonds is 4. The van der Waals surface area contributed by atoms with Crippen LogP contribution >= 0.6 is 11.3 Å². The predicted octanol–water partition coefficient (Wildman–Crippen LogP) is 1.33. The van der Waals surface area contributed by atoms with Crippen molar-refractivity contribution in [3.05, 3.63) is 23.0 Å². The van der Waals surface area contributed by atoms with Gasteiger partial charge < -0.3 is 10.6 Å². The molecule has 1 atom stereocenters. The highest BCUT2D eigenvalue weighted by molar-refractivity contribution is 7.17. The van der Waals surface area contributed by atoms with E-state index in [2.05, 4.69) is 20.7 Å². The van der Waals surface area contributed by atoms with E-state index >= 15 is 0 Å². The lowest BCUT2D eigenvalue weighted by Crippen LogP contribution is -2.37. The predicted molar refractivity (Wildman–Crippen MR) is 82.4 cm³/mol. The largest absolute Gasteiger partial charge is 0.350 e. The minimum absolute atomic E-state index is 0.0335. The van der Waals surface area contributed by atoms with E-state index in [0.717, 1.165) is 29.2 Å². The second-order valence-electron chi connectivity index (χ2n) is 5.34. The first-order chi connectivity index (χ1) is 10.1. The van der Waals surface area contributed by atoms with E-state index in [1.807, 2.05) is 20.2 Å². The average Bonchev–Trinajstić information content (AvgIpc) is 3.16. The first-order valence-electron chi connectivity index (χ1n) is 7.11. The zero-order valence-electron chi connectivity index (χ0n) is 12.2. The summed E-state index contributed by atoms with van der Waals surface area (Å²) in [5.41, 5.74) is 1.72. The second-order valence-corrected chi connectivity index (χ2v) is 6.34. The molecular formula is C14H19N5OS. The molecule has 3 heterocycles. The highest BCUT2D eigenvalue weighted by Gasteiger charge is 2.19. The number of aryl methyl sites for hydroxylation is 2. The summed E-state index contributed by atoms with van der Waals surface area (Å²) in [6, 6.07) is 0.403. The molecule has 2 aromatic heterocycles. The molecule has 112 valence electrons. The molecule has 0 aliphatic carbocycles. The topological polar surface area (TPSA) is 71.8 Å². The minimum Gasteiger partial charge on any atom is -0.350 e. The summed E-state index contributed by atoms with van der Waals surface area (Å²) >= 11 is 1.42. The number of thiazole rings is 1. The van der Waals surface area contributed by atoms with E-state index in [1.54, 1.807) is 10.9 Å². The van der Waals surface area contributed by atoms with Crippen LogP contribution in [-0.2, 0) is 7.05 Å². The van der Waals surface area contributed by atoms with Crippen LogP contribution in [0.2, 0.25) is 0 Å². The molecule has 1 amide bonds. The van der Waals surface area contributed by atoms with Gasteiger partial charge in [0.15, 0.2) is 0 Å². The Morgan fingerprint density at radius 1 is 1.62 bits per heavy atom. The number of carbonyl (C=O) groups is 1. The number of amides is 1. The monoisotopic (exact) mass is 305 g/mol. The Morgan fingerprint density at radius 2 is 2.48 bits per heavy atom. The Labute approximate surface area is 127 Å². The lowest BCUT2D eigenvalue weighted by molar-refractivity contribution is 0.0953. The molecule has 1 unspecified atom stereocenters. The van der Waals surface area contributed by atoms with E-state index in [0.29, 0.717) is 17.5 Å². The van der Waals surface area contributed by atoms with Crippen LogP contribution < -0.4 is 10.6 Å². The summed E-state index contributed by atoms with van der Waals surface area (Å²) in [6.07, 6.45) is 5.99. The summed E-state index contributed by atoms with van der Waals surface area (Å²) < 4.78 is 1.73. The summed E-state index contributed by atoms with van der Waals surface area (Å²) in [5.74, 6) is -0.0335. The van der Waals surface area contributed by atoms with Crippen LogP contribution in [0.1, 0.15) is 28.2 Å². The summed E-state index contributed by atoms with van der Waals surface area (Å²) in [7, 11) is 1.87. The van der Waals surface area contributed by atoms with Crippen LogP contribution in [0.25, 0.3) is 10.6 Å². The van der Waals surface area contributed by atoms with Gasteiger partial charge in [0, 0.05) is 31.4 Å². The Hall–Kier alpha value is -1.73. The van der Waals surface area contributed by atoms with Gasteiger partial charge in [0.2, 0.25) is 0 Å². The van der Waals surface area contributed by atoms with E-state index in [1.165, 1.54) is 17.8 Å². The van der Waals surface area contributed by atoms with Gasteiger partial charge in [0.05, 0.1) is 11.9 Å². The van der Waals surface area contributed by atoms with Crippen LogP contribution in [0.15, 0.2) is 12.4 Å². The van der Waals surface area contributed by atoms with Crippen molar-refractivity contribution in [2.75, 3.05) is 13.1 Å². The van der Waals surface area contributed by atoms with Gasteiger partial charge in [-0.25, -0.2) is 4.98 Å². The van der Waals surface area contributed by atoms with Gasteiger partial charge in [0.25, 0.3) is 5.91 Å². The van der Waals surface area contributed by atoms with Crippen LogP contribution in [0.3, 0.4) is 0 Å². The van der Waals surface area contributed by atoms with E-state index < -0.39 is 0 Å². The maximum absolute atomic E-state index is 12.3. The van der Waals surface area contributed by atoms with Crippen molar-refractivity contribution in [1.29, 1.82) is 0 Å². The maximum atomic E-state index is 12.3. The first kappa shape index (κ1) is 14.2. The van der Waals surface area contributed by atoms with Gasteiger partial charge in [-0.3, -0.25) is 9.48 Å². The van der Waals surface area contributed by atoms with E-state index in [-0.39, 0.29) is 5.91 Å². The molecule has 7 heteroatoms. The molecule has 0 saturated carbocycles. The molecule has 1 aliphatic rings. The molecule has 0 spiro atoms. The van der Waals surface area contributed by atoms with Crippen molar-refractivity contribution in [2.45, 2.75) is 25.8 Å². The fourth-order valence-electron chi connectivity index (χ4n) is 2.49. The lowest BCUT2D eigenvalue weighted by atomic mass is 10.2. The zero-order chi connectivity index (χ0) is 14.8. The summed E-state index contributed by atoms with van der Waals surface area (Å²) in [4.78, 5) is 17.5. The normalized spacial score (nSPS) is 18.1. The molecule has 1 saturated heterocycles. The molecule has 0 radical (unpaired) electrons. The summed E-state index contributed by atoms with van der Waals surface area (Å²) in [6.45, 7) is 3.60. The second kappa shape index (κ2) is 5.95. The van der Waals surface area contributed by atoms with Crippen molar-refractivity contribution in [3.63, 3.8) is 0 Å². The fourth-order valence-corrected chi connectivity index (χ4v) is 3.45. The van der Waals surface area contributed by atoms with E-state index in [4.69, 9.17) is 0 Å². The molecule has 0 aromatic carbocycles. The molecule has 3 rings (SSSR count). The van der Waals surface area contributed by atoms with Crippen molar-refractivity contribution >= 4 is 17.2 Å². The minimum atomic E-state index is -0.0335. The number of nitrogens with zero attached hydrogens (tertiary/aromatic N) is 3. The fraction of sp³-hybridized carbons (Fsp3) is 0.500. The van der Waals surface area contributed by atoms with Gasteiger partial charge in [-0.05, 0) is 26.3 Å². The van der Waals surface area contributed by atoms with Gasteiger partial charge >= 0.3 is 0 Å². The van der Waals surface area contributed by atoms with Gasteiger partial charge in [-0.2, -0.15) is 5.10 Å². The van der Waals surface area contributed by atoms with Crippen molar-refractivity contribution in [1.82, 2.24) is 25.4 Å². The van der Waals surface area contributed by atoms with Crippen LogP contribution in [0.4, 0.5) is 0 Å². The SMILES string of the molecule is Cc1nc(-c2cnn(C)c2)sc1C(=O)NCC1CCCN1. The Morgan fingerprint density at radius 3 is 3.14 bits per heavy atom. The molecule has 2 N–H and O–H groups in total. The molecule has 2 aromatic rings. The number of nitrogens with one attached hydrogen (secondary N) is 2. The van der Waals surface area contributed by atoms with Gasteiger partial charge in [-0.1, -0.05) is 0 Å². The number of aromatic nitrogens is 3. The van der Waals surface area contributed by atoms with Crippen molar-refractivity contribution in [2.24, 2.45) is 7.05 Å². The third-order valence-corrected chi connectivity index (χ3v) is 4.83. The number of hydrogen-bond acceptors (Lipinski definition) is 5. The summed E-state index contributed by atoms with van der Waals surface area (Å²) in [5, 5.41) is 11.4. The van der Waals surface area contributed by atoms with Gasteiger partial charge in [0.1, 0.15) is 9.88 Å². The van der Waals surface area contributed by atoms with Gasteiger partial charge in [-0.15, -0.1) is 11.3 Å². The van der Waals surface area contributed by atoms with Crippen LogP contribution in [0, 0.1) is 6.92 Å². The Balaban J connectivity index is 1.69. The molecular weight excluding hydrogens is 286 g/mol. The lowest BCUT2D eigenvalue weighted by Gasteiger charge is -2.10. The molecule has 1 aliphatic heterocycles. The van der Waals surface area contributed by atoms with Crippen LogP contribution in [0.5, 0.6) is 0 Å². The third-order valence-electron chi connectivity index (χ3n) is 3.63. The van der Waals surface area contributed by atoms with Crippen molar-refractivity contribution < 1.29 is 4.79 Å². The number of carbonyl (C=O) groups excluding carboxylic acids is 1. The van der Waals surface area contributed by atoms with Crippen molar-refractivity contribution in [3.8, 4) is 10.6 Å². The molecule has 21 heavy (non-hydrogen) atoms. The maximum Gasteiger partial charge on any atom is 0.263 e. The Bertz CT molecular complexity index is 642. The smallest absolute Gasteiger partial charge is 0.263 e. The molecule has 1 fully saturated rings. The Kier molecular flexibility index (Phi) is 4.03. The zero-order valence-corrected chi connectivity index (χ0v) is 13.0.